The van der Waals surface area contributed by atoms with Crippen LogP contribution in [0.15, 0.2) is 17.3 Å². The number of hydrogen-bond donors (Lipinski definition) is 0. The van der Waals surface area contributed by atoms with Crippen molar-refractivity contribution in [3.63, 3.8) is 0 Å². The average molecular weight is 268 g/mol. The van der Waals surface area contributed by atoms with Crippen LogP contribution in [0.3, 0.4) is 0 Å². The summed E-state index contributed by atoms with van der Waals surface area (Å²) in [5.41, 5.74) is 0.875. The number of fused-ring (bicyclic) bond motifs is 1. The SMILES string of the molecule is CCOC(=O)C1=S(=O)=C2N=C(C(C)C)C=CN2C1. The van der Waals surface area contributed by atoms with Crippen LogP contribution < -0.4 is 0 Å². The van der Waals surface area contributed by atoms with Crippen molar-refractivity contribution in [3.05, 3.63) is 12.3 Å². The minimum Gasteiger partial charge on any atom is -0.462 e. The largest absolute Gasteiger partial charge is 0.462 e. The van der Waals surface area contributed by atoms with E-state index in [1.54, 1.807) is 11.8 Å². The minimum absolute atomic E-state index is 0.263. The second kappa shape index (κ2) is 4.97. The number of nitrogens with zero attached hydrogens (tertiary/aromatic N) is 2. The van der Waals surface area contributed by atoms with E-state index in [0.29, 0.717) is 11.7 Å². The Balaban J connectivity index is 2.41. The number of carbonyl (C=O) groups excluding carboxylic acids is 1. The molecular formula is C12H16N2O3S. The number of rotatable bonds is 3. The number of hydrogen-bond acceptors (Lipinski definition) is 5. The molecule has 0 bridgehead atoms. The summed E-state index contributed by atoms with van der Waals surface area (Å²) in [4.78, 5) is 18.0. The second-order valence-electron chi connectivity index (χ2n) is 4.33. The minimum atomic E-state index is -1.50. The lowest BCUT2D eigenvalue weighted by atomic mass is 10.1. The second-order valence-corrected chi connectivity index (χ2v) is 5.73. The highest BCUT2D eigenvalue weighted by Crippen LogP contribution is 2.12. The maximum absolute atomic E-state index is 12.2. The molecule has 98 valence electrons. The molecule has 2 heterocycles. The van der Waals surface area contributed by atoms with Crippen LogP contribution in [-0.2, 0) is 19.5 Å². The molecule has 18 heavy (non-hydrogen) atoms. The first-order chi connectivity index (χ1) is 8.54. The molecule has 0 amide bonds. The molecule has 0 fully saturated rings. The van der Waals surface area contributed by atoms with Crippen LogP contribution in [0.4, 0.5) is 0 Å². The molecule has 0 saturated carbocycles. The van der Waals surface area contributed by atoms with Gasteiger partial charge in [-0.2, -0.15) is 0 Å². The first-order valence-corrected chi connectivity index (χ1v) is 7.04. The fraction of sp³-hybridized carbons (Fsp3) is 0.500. The molecule has 6 heteroatoms. The molecular weight excluding hydrogens is 252 g/mol. The van der Waals surface area contributed by atoms with Crippen molar-refractivity contribution >= 4 is 31.6 Å². The number of carbonyl (C=O) groups is 1. The Morgan fingerprint density at radius 1 is 1.61 bits per heavy atom. The van der Waals surface area contributed by atoms with E-state index in [0.717, 1.165) is 5.71 Å². The highest BCUT2D eigenvalue weighted by atomic mass is 32.1. The zero-order chi connectivity index (χ0) is 13.3. The maximum Gasteiger partial charge on any atom is 0.348 e. The summed E-state index contributed by atoms with van der Waals surface area (Å²) in [5.74, 6) is -0.230. The molecule has 0 aromatic rings. The Morgan fingerprint density at radius 3 is 2.94 bits per heavy atom. The highest BCUT2D eigenvalue weighted by molar-refractivity contribution is 7.86. The third-order valence-electron chi connectivity index (χ3n) is 2.69. The van der Waals surface area contributed by atoms with E-state index in [9.17, 15) is 9.00 Å². The number of ether oxygens (including phenoxy) is 1. The predicted octanol–water partition coefficient (Wildman–Crippen LogP) is 0.498. The lowest BCUT2D eigenvalue weighted by molar-refractivity contribution is -0.134. The van der Waals surface area contributed by atoms with Gasteiger partial charge >= 0.3 is 5.97 Å². The van der Waals surface area contributed by atoms with Crippen LogP contribution in [0.25, 0.3) is 0 Å². The molecule has 5 nitrogen and oxygen atoms in total. The molecule has 0 saturated heterocycles. The molecule has 2 aliphatic heterocycles. The van der Waals surface area contributed by atoms with Crippen molar-refractivity contribution in [2.24, 2.45) is 10.9 Å². The van der Waals surface area contributed by atoms with Gasteiger partial charge in [-0.1, -0.05) is 13.8 Å². The van der Waals surface area contributed by atoms with Crippen LogP contribution >= 0.6 is 0 Å². The fourth-order valence-corrected chi connectivity index (χ4v) is 2.92. The smallest absolute Gasteiger partial charge is 0.348 e. The van der Waals surface area contributed by atoms with Crippen LogP contribution in [0.2, 0.25) is 0 Å². The summed E-state index contributed by atoms with van der Waals surface area (Å²) in [6, 6.07) is 0. The summed E-state index contributed by atoms with van der Waals surface area (Å²) in [7, 11) is -1.50. The summed E-state index contributed by atoms with van der Waals surface area (Å²) in [5, 5.41) is 0.434. The van der Waals surface area contributed by atoms with E-state index in [2.05, 4.69) is 4.99 Å². The molecule has 0 aliphatic carbocycles. The Morgan fingerprint density at radius 2 is 2.33 bits per heavy atom. The summed E-state index contributed by atoms with van der Waals surface area (Å²) >= 11 is 0. The third-order valence-corrected chi connectivity index (χ3v) is 4.09. The Hall–Kier alpha value is -1.56. The summed E-state index contributed by atoms with van der Waals surface area (Å²) in [6.07, 6.45) is 3.71. The van der Waals surface area contributed by atoms with Gasteiger partial charge in [0.15, 0.2) is 0 Å². The molecule has 2 aliphatic rings. The van der Waals surface area contributed by atoms with Crippen molar-refractivity contribution in [2.75, 3.05) is 13.2 Å². The van der Waals surface area contributed by atoms with Crippen LogP contribution in [-0.4, -0.2) is 43.9 Å². The molecule has 0 aromatic carbocycles. The van der Waals surface area contributed by atoms with Gasteiger partial charge in [0.1, 0.15) is 4.86 Å². The first-order valence-electron chi connectivity index (χ1n) is 5.89. The van der Waals surface area contributed by atoms with E-state index in [-0.39, 0.29) is 17.4 Å². The van der Waals surface area contributed by atoms with Crippen molar-refractivity contribution in [1.29, 1.82) is 0 Å². The summed E-state index contributed by atoms with van der Waals surface area (Å²) < 4.78 is 17.1. The van der Waals surface area contributed by atoms with Crippen molar-refractivity contribution in [2.45, 2.75) is 20.8 Å². The van der Waals surface area contributed by atoms with Crippen molar-refractivity contribution in [3.8, 4) is 0 Å². The van der Waals surface area contributed by atoms with Crippen molar-refractivity contribution < 1.29 is 13.7 Å². The van der Waals surface area contributed by atoms with Crippen LogP contribution in [0.5, 0.6) is 0 Å². The molecule has 0 aromatic heterocycles. The monoisotopic (exact) mass is 268 g/mol. The number of aliphatic imine (C=N–C) groups is 1. The van der Waals surface area contributed by atoms with Gasteiger partial charge < -0.3 is 9.64 Å². The zero-order valence-electron chi connectivity index (χ0n) is 10.7. The Bertz CT molecular complexity index is 584. The lowest BCUT2D eigenvalue weighted by Gasteiger charge is -2.19. The van der Waals surface area contributed by atoms with Crippen molar-refractivity contribution in [1.82, 2.24) is 4.90 Å². The third kappa shape index (κ3) is 2.20. The normalized spacial score (nSPS) is 18.3. The Labute approximate surface area is 108 Å². The van der Waals surface area contributed by atoms with E-state index < -0.39 is 15.9 Å². The van der Waals surface area contributed by atoms with E-state index in [4.69, 9.17) is 4.74 Å². The summed E-state index contributed by atoms with van der Waals surface area (Å²) in [6.45, 7) is 6.35. The van der Waals surface area contributed by atoms with E-state index in [1.807, 2.05) is 26.1 Å². The highest BCUT2D eigenvalue weighted by Gasteiger charge is 2.27. The van der Waals surface area contributed by atoms with Gasteiger partial charge in [-0.3, -0.25) is 0 Å². The first kappa shape index (κ1) is 12.9. The maximum atomic E-state index is 12.2. The average Bonchev–Trinajstić information content (AvgIpc) is 2.67. The molecule has 0 radical (unpaired) electrons. The molecule has 0 atom stereocenters. The van der Waals surface area contributed by atoms with E-state index in [1.165, 1.54) is 0 Å². The van der Waals surface area contributed by atoms with Crippen LogP contribution in [0, 0.1) is 5.92 Å². The topological polar surface area (TPSA) is 59.0 Å². The quantitative estimate of drug-likeness (QED) is 0.552. The number of allylic oxidation sites excluding steroid dienone is 1. The lowest BCUT2D eigenvalue weighted by Crippen LogP contribution is -2.31. The van der Waals surface area contributed by atoms with Gasteiger partial charge in [-0.05, 0) is 18.9 Å². The van der Waals surface area contributed by atoms with Gasteiger partial charge in [0.05, 0.1) is 23.1 Å². The van der Waals surface area contributed by atoms with E-state index >= 15 is 0 Å². The van der Waals surface area contributed by atoms with Gasteiger partial charge in [0, 0.05) is 11.9 Å². The fourth-order valence-electron chi connectivity index (χ4n) is 1.71. The molecule has 0 spiro atoms. The van der Waals surface area contributed by atoms with Gasteiger partial charge in [0.2, 0.25) is 5.11 Å². The number of esters is 1. The van der Waals surface area contributed by atoms with Gasteiger partial charge in [0.25, 0.3) is 0 Å². The molecule has 0 unspecified atom stereocenters. The predicted molar refractivity (Wildman–Crippen MR) is 72.9 cm³/mol. The van der Waals surface area contributed by atoms with Crippen LogP contribution in [0.1, 0.15) is 20.8 Å². The molecule has 2 rings (SSSR count). The van der Waals surface area contributed by atoms with Gasteiger partial charge in [-0.15, -0.1) is 0 Å². The molecule has 0 N–H and O–H groups in total. The van der Waals surface area contributed by atoms with Gasteiger partial charge in [-0.25, -0.2) is 14.0 Å². The standard InChI is InChI=1S/C12H16N2O3S/c1-4-17-11(15)10-7-14-6-5-9(8(2)3)13-12(14)18(10)16/h5-6,8H,4,7H2,1-3H3. The Kier molecular flexibility index (Phi) is 3.56. The zero-order valence-corrected chi connectivity index (χ0v) is 11.5.